The van der Waals surface area contributed by atoms with Crippen molar-refractivity contribution in [1.29, 1.82) is 0 Å². The quantitative estimate of drug-likeness (QED) is 0.150. The zero-order valence-corrected chi connectivity index (χ0v) is 23.3. The Kier molecular flexibility index (Phi) is 11.3. The summed E-state index contributed by atoms with van der Waals surface area (Å²) >= 11 is 0. The van der Waals surface area contributed by atoms with Crippen molar-refractivity contribution in [3.05, 3.63) is 65.2 Å². The third kappa shape index (κ3) is 8.71. The zero-order valence-electron chi connectivity index (χ0n) is 22.5. The van der Waals surface area contributed by atoms with Crippen LogP contribution >= 0.6 is 0 Å². The Morgan fingerprint density at radius 3 is 2.22 bits per heavy atom. The molecule has 13 nitrogen and oxygen atoms in total. The van der Waals surface area contributed by atoms with Gasteiger partial charge in [0.1, 0.15) is 0 Å². The summed E-state index contributed by atoms with van der Waals surface area (Å²) in [6.45, 7) is 1.90. The number of nitrogens with two attached hydrogens (primary N) is 2. The van der Waals surface area contributed by atoms with Gasteiger partial charge in [-0.3, -0.25) is 19.3 Å². The van der Waals surface area contributed by atoms with Gasteiger partial charge in [0, 0.05) is 12.6 Å². The lowest BCUT2D eigenvalue weighted by Gasteiger charge is -2.26. The minimum atomic E-state index is -3.89. The molecule has 0 aliphatic rings. The van der Waals surface area contributed by atoms with Gasteiger partial charge in [-0.15, -0.1) is 0 Å². The zero-order chi connectivity index (χ0) is 30.9. The van der Waals surface area contributed by atoms with Crippen LogP contribution in [-0.4, -0.2) is 71.4 Å². The van der Waals surface area contributed by atoms with E-state index in [2.05, 4.69) is 0 Å². The van der Waals surface area contributed by atoms with Gasteiger partial charge in [-0.05, 0) is 54.3 Å². The fourth-order valence-electron chi connectivity index (χ4n) is 4.00. The molecule has 0 spiro atoms. The number of sulfonamides is 1. The molecule has 0 bridgehead atoms. The van der Waals surface area contributed by atoms with Gasteiger partial charge in [-0.25, -0.2) is 22.3 Å². The van der Waals surface area contributed by atoms with Crippen LogP contribution in [0.5, 0.6) is 0 Å². The van der Waals surface area contributed by atoms with Gasteiger partial charge < -0.3 is 21.7 Å². The van der Waals surface area contributed by atoms with Crippen molar-refractivity contribution < 1.29 is 42.6 Å². The van der Waals surface area contributed by atoms with Crippen molar-refractivity contribution in [3.8, 4) is 0 Å². The fourth-order valence-corrected chi connectivity index (χ4v) is 4.93. The monoisotopic (exact) mass is 588 g/mol. The first kappa shape index (κ1) is 32.7. The summed E-state index contributed by atoms with van der Waals surface area (Å²) in [5.74, 6) is -6.47. The van der Waals surface area contributed by atoms with Gasteiger partial charge in [0.2, 0.25) is 15.9 Å². The van der Waals surface area contributed by atoms with Crippen LogP contribution in [0.25, 0.3) is 6.08 Å². The topological polar surface area (TPSA) is 218 Å². The molecule has 3 amide bonds. The van der Waals surface area contributed by atoms with Crippen molar-refractivity contribution in [2.24, 2.45) is 11.5 Å². The average Bonchev–Trinajstić information content (AvgIpc) is 2.89. The van der Waals surface area contributed by atoms with E-state index in [9.17, 15) is 42.6 Å². The first-order valence-corrected chi connectivity index (χ1v) is 14.3. The number of rotatable bonds is 13. The SMILES string of the molecule is CCCCCN(C(=O)[C@@H](N)Cc1ccc(N(C(=O)C(=O)O)c2ccccc2C(=O)O)c(/C=C/C(N)=O)c1)S(C)(=O)=O. The highest BCUT2D eigenvalue weighted by atomic mass is 32.2. The van der Waals surface area contributed by atoms with E-state index in [1.54, 1.807) is 0 Å². The van der Waals surface area contributed by atoms with E-state index in [0.717, 1.165) is 23.1 Å². The maximum absolute atomic E-state index is 13.0. The Hall–Kier alpha value is -4.56. The molecule has 6 N–H and O–H groups in total. The second kappa shape index (κ2) is 14.2. The number of carboxylic acid groups (broad SMARTS) is 2. The standard InChI is InChI=1S/C27H32N4O9S/c1-3-4-7-14-30(41(2,39)40)24(33)20(28)16-17-10-12-21(18(15-17)11-13-23(29)32)31(25(34)27(37)38)22-9-6-5-8-19(22)26(35)36/h5-6,8-13,15,20H,3-4,7,14,16,28H2,1-2H3,(H2,29,32)(H,35,36)(H,37,38)/b13-11+/t20-/m0/s1. The van der Waals surface area contributed by atoms with Gasteiger partial charge in [-0.1, -0.05) is 38.0 Å². The molecular formula is C27H32N4O9S. The molecule has 220 valence electrons. The first-order chi connectivity index (χ1) is 19.2. The highest BCUT2D eigenvalue weighted by Gasteiger charge is 2.31. The molecule has 0 fully saturated rings. The molecule has 0 aliphatic heterocycles. The van der Waals surface area contributed by atoms with Crippen LogP contribution in [0.15, 0.2) is 48.5 Å². The van der Waals surface area contributed by atoms with Crippen LogP contribution in [0, 0.1) is 0 Å². The maximum atomic E-state index is 13.0. The number of anilines is 2. The van der Waals surface area contributed by atoms with E-state index in [1.165, 1.54) is 48.5 Å². The van der Waals surface area contributed by atoms with Gasteiger partial charge in [0.25, 0.3) is 5.91 Å². The smallest absolute Gasteiger partial charge is 0.395 e. The summed E-state index contributed by atoms with van der Waals surface area (Å²) in [6.07, 6.45) is 4.87. The van der Waals surface area contributed by atoms with Gasteiger partial charge in [0.15, 0.2) is 0 Å². The Labute approximate surface area is 237 Å². The highest BCUT2D eigenvalue weighted by Crippen LogP contribution is 2.33. The lowest BCUT2D eigenvalue weighted by Crippen LogP contribution is -2.47. The van der Waals surface area contributed by atoms with Gasteiger partial charge in [-0.2, -0.15) is 0 Å². The van der Waals surface area contributed by atoms with Gasteiger partial charge in [0.05, 0.1) is 29.2 Å². The van der Waals surface area contributed by atoms with Crippen LogP contribution in [0.3, 0.4) is 0 Å². The molecule has 2 aromatic carbocycles. The third-order valence-electron chi connectivity index (χ3n) is 5.91. The third-order valence-corrected chi connectivity index (χ3v) is 7.07. The molecule has 0 heterocycles. The van der Waals surface area contributed by atoms with Gasteiger partial charge >= 0.3 is 17.8 Å². The minimum Gasteiger partial charge on any atom is -0.478 e. The number of aromatic carboxylic acids is 1. The predicted molar refractivity (Wildman–Crippen MR) is 151 cm³/mol. The molecule has 0 saturated heterocycles. The van der Waals surface area contributed by atoms with E-state index >= 15 is 0 Å². The Morgan fingerprint density at radius 1 is 1.00 bits per heavy atom. The van der Waals surface area contributed by atoms with E-state index in [0.29, 0.717) is 23.3 Å². The van der Waals surface area contributed by atoms with Crippen molar-refractivity contribution in [3.63, 3.8) is 0 Å². The molecule has 41 heavy (non-hydrogen) atoms. The highest BCUT2D eigenvalue weighted by molar-refractivity contribution is 7.88. The summed E-state index contributed by atoms with van der Waals surface area (Å²) in [4.78, 5) is 61.6. The summed E-state index contributed by atoms with van der Waals surface area (Å²) in [6, 6.07) is 8.06. The molecule has 0 saturated carbocycles. The molecule has 0 aromatic heterocycles. The Balaban J connectivity index is 2.61. The molecule has 0 aliphatic carbocycles. The number of aliphatic carboxylic acids is 1. The van der Waals surface area contributed by atoms with Crippen LogP contribution in [0.1, 0.15) is 47.7 Å². The number of hydrogen-bond acceptors (Lipinski definition) is 8. The maximum Gasteiger partial charge on any atom is 0.395 e. The van der Waals surface area contributed by atoms with Crippen molar-refractivity contribution in [2.45, 2.75) is 38.6 Å². The van der Waals surface area contributed by atoms with E-state index in [1.807, 2.05) is 6.92 Å². The first-order valence-electron chi connectivity index (χ1n) is 12.5. The van der Waals surface area contributed by atoms with E-state index in [4.69, 9.17) is 11.5 Å². The largest absolute Gasteiger partial charge is 0.478 e. The molecular weight excluding hydrogens is 556 g/mol. The van der Waals surface area contributed by atoms with Crippen LogP contribution in [0.4, 0.5) is 11.4 Å². The summed E-state index contributed by atoms with van der Waals surface area (Å²) in [7, 11) is -3.89. The average molecular weight is 589 g/mol. The number of carbonyl (C=O) groups is 5. The number of carbonyl (C=O) groups excluding carboxylic acids is 3. The van der Waals surface area contributed by atoms with Crippen molar-refractivity contribution in [2.75, 3.05) is 17.7 Å². The van der Waals surface area contributed by atoms with Crippen molar-refractivity contribution >= 4 is 57.1 Å². The lowest BCUT2D eigenvalue weighted by atomic mass is 10.00. The fraction of sp³-hybridized carbons (Fsp3) is 0.296. The minimum absolute atomic E-state index is 0.0278. The molecule has 2 aromatic rings. The van der Waals surface area contributed by atoms with Crippen LogP contribution < -0.4 is 16.4 Å². The van der Waals surface area contributed by atoms with E-state index < -0.39 is 45.7 Å². The number of benzene rings is 2. The normalized spacial score (nSPS) is 12.1. The Morgan fingerprint density at radius 2 is 1.66 bits per heavy atom. The Bertz CT molecular complexity index is 1470. The second-order valence-corrected chi connectivity index (χ2v) is 11.0. The number of primary amides is 1. The predicted octanol–water partition coefficient (Wildman–Crippen LogP) is 1.48. The molecule has 0 unspecified atom stereocenters. The number of hydrogen-bond donors (Lipinski definition) is 4. The molecule has 2 rings (SSSR count). The number of amides is 3. The number of para-hydroxylation sites is 1. The summed E-state index contributed by atoms with van der Waals surface area (Å²) < 4.78 is 25.2. The molecule has 1 atom stereocenters. The lowest BCUT2D eigenvalue weighted by molar-refractivity contribution is -0.148. The van der Waals surface area contributed by atoms with E-state index in [-0.39, 0.29) is 35.5 Å². The molecule has 0 radical (unpaired) electrons. The molecule has 14 heteroatoms. The summed E-state index contributed by atoms with van der Waals surface area (Å²) in [5, 5.41) is 19.1. The number of nitrogens with zero attached hydrogens (tertiary/aromatic N) is 2. The second-order valence-electron chi connectivity index (χ2n) is 9.09. The number of unbranched alkanes of at least 4 members (excludes halogenated alkanes) is 2. The van der Waals surface area contributed by atoms with Crippen LogP contribution in [-0.2, 0) is 35.6 Å². The van der Waals surface area contributed by atoms with Crippen LogP contribution in [0.2, 0.25) is 0 Å². The summed E-state index contributed by atoms with van der Waals surface area (Å²) in [5.41, 5.74) is 11.0. The number of carboxylic acids is 2. The van der Waals surface area contributed by atoms with Crippen molar-refractivity contribution in [1.82, 2.24) is 4.31 Å².